The third kappa shape index (κ3) is 4.63. The zero-order valence-electron chi connectivity index (χ0n) is 8.89. The minimum atomic E-state index is 0.719. The van der Waals surface area contributed by atoms with Crippen LogP contribution in [-0.2, 0) is 0 Å². The van der Waals surface area contributed by atoms with Crippen molar-refractivity contribution in [3.05, 3.63) is 0 Å². The van der Waals surface area contributed by atoms with Crippen LogP contribution in [0, 0.1) is 11.8 Å². The molecule has 2 heteroatoms. The first-order chi connectivity index (χ1) is 6.33. The molecule has 0 aromatic carbocycles. The summed E-state index contributed by atoms with van der Waals surface area (Å²) in [6.45, 7) is 5.56. The molecule has 0 spiro atoms. The molecule has 1 aliphatic rings. The summed E-state index contributed by atoms with van der Waals surface area (Å²) in [6.07, 6.45) is 6.87. The number of rotatable bonds is 4. The Kier molecular flexibility index (Phi) is 5.40. The van der Waals surface area contributed by atoms with E-state index < -0.39 is 0 Å². The van der Waals surface area contributed by atoms with Crippen LogP contribution in [0.1, 0.15) is 39.0 Å². The van der Waals surface area contributed by atoms with E-state index in [0.717, 1.165) is 18.4 Å². The smallest absolute Gasteiger partial charge is 0.00463 e. The van der Waals surface area contributed by atoms with Gasteiger partial charge in [-0.2, -0.15) is 0 Å². The molecular weight excluding hydrogens is 160 g/mol. The fourth-order valence-electron chi connectivity index (χ4n) is 2.02. The van der Waals surface area contributed by atoms with Gasteiger partial charge in [0, 0.05) is 0 Å². The Balaban J connectivity index is 2.11. The first kappa shape index (κ1) is 11.0. The van der Waals surface area contributed by atoms with Crippen LogP contribution in [0.15, 0.2) is 0 Å². The summed E-state index contributed by atoms with van der Waals surface area (Å²) in [4.78, 5) is 0. The highest BCUT2D eigenvalue weighted by Crippen LogP contribution is 2.21. The summed E-state index contributed by atoms with van der Waals surface area (Å²) in [6, 6.07) is 0. The lowest BCUT2D eigenvalue weighted by Crippen LogP contribution is -2.15. The number of hydrogen-bond acceptors (Lipinski definition) is 2. The maximum absolute atomic E-state index is 5.61. The molecule has 0 bridgehead atoms. The summed E-state index contributed by atoms with van der Waals surface area (Å²) < 4.78 is 0. The maximum Gasteiger partial charge on any atom is -0.00463 e. The Bertz CT molecular complexity index is 117. The van der Waals surface area contributed by atoms with Gasteiger partial charge in [-0.1, -0.05) is 13.3 Å². The van der Waals surface area contributed by atoms with E-state index in [4.69, 9.17) is 5.73 Å². The fourth-order valence-corrected chi connectivity index (χ4v) is 2.02. The Morgan fingerprint density at radius 2 is 2.23 bits per heavy atom. The van der Waals surface area contributed by atoms with E-state index in [1.54, 1.807) is 0 Å². The molecule has 1 saturated heterocycles. The van der Waals surface area contributed by atoms with Crippen molar-refractivity contribution in [3.8, 4) is 0 Å². The van der Waals surface area contributed by atoms with Crippen LogP contribution in [-0.4, -0.2) is 19.6 Å². The maximum atomic E-state index is 5.61. The van der Waals surface area contributed by atoms with Gasteiger partial charge in [0.1, 0.15) is 0 Å². The van der Waals surface area contributed by atoms with Crippen molar-refractivity contribution in [2.24, 2.45) is 17.6 Å². The Morgan fingerprint density at radius 3 is 3.00 bits per heavy atom. The minimum absolute atomic E-state index is 0.719. The molecule has 3 N–H and O–H groups in total. The van der Waals surface area contributed by atoms with Crippen LogP contribution < -0.4 is 11.1 Å². The van der Waals surface area contributed by atoms with Gasteiger partial charge in [-0.05, 0) is 57.2 Å². The average Bonchev–Trinajstić information content (AvgIpc) is 2.42. The molecule has 2 unspecified atom stereocenters. The van der Waals surface area contributed by atoms with Gasteiger partial charge >= 0.3 is 0 Å². The highest BCUT2D eigenvalue weighted by molar-refractivity contribution is 4.68. The van der Waals surface area contributed by atoms with Crippen molar-refractivity contribution in [3.63, 3.8) is 0 Å². The normalized spacial score (nSPS) is 26.8. The second-order valence-electron chi connectivity index (χ2n) is 4.47. The van der Waals surface area contributed by atoms with Crippen molar-refractivity contribution >= 4 is 0 Å². The molecule has 2 nitrogen and oxygen atoms in total. The molecule has 0 aliphatic carbocycles. The lowest BCUT2D eigenvalue weighted by Gasteiger charge is -2.15. The van der Waals surface area contributed by atoms with Crippen LogP contribution in [0.3, 0.4) is 0 Å². The topological polar surface area (TPSA) is 38.0 Å². The van der Waals surface area contributed by atoms with E-state index in [1.165, 1.54) is 45.2 Å². The molecule has 13 heavy (non-hydrogen) atoms. The molecule has 1 rings (SSSR count). The minimum Gasteiger partial charge on any atom is -0.330 e. The third-order valence-corrected chi connectivity index (χ3v) is 3.17. The molecular formula is C11H24N2. The predicted molar refractivity (Wildman–Crippen MR) is 57.7 cm³/mol. The van der Waals surface area contributed by atoms with E-state index in [2.05, 4.69) is 12.2 Å². The summed E-state index contributed by atoms with van der Waals surface area (Å²) >= 11 is 0. The second-order valence-corrected chi connectivity index (χ2v) is 4.47. The average molecular weight is 184 g/mol. The Labute approximate surface area is 82.3 Å². The Morgan fingerprint density at radius 1 is 1.38 bits per heavy atom. The molecule has 0 aromatic rings. The van der Waals surface area contributed by atoms with Gasteiger partial charge in [-0.15, -0.1) is 0 Å². The first-order valence-corrected chi connectivity index (χ1v) is 5.73. The van der Waals surface area contributed by atoms with Crippen LogP contribution in [0.25, 0.3) is 0 Å². The van der Waals surface area contributed by atoms with Crippen molar-refractivity contribution in [1.82, 2.24) is 5.32 Å². The highest BCUT2D eigenvalue weighted by atomic mass is 14.8. The van der Waals surface area contributed by atoms with Gasteiger partial charge in [0.2, 0.25) is 0 Å². The lowest BCUT2D eigenvalue weighted by atomic mass is 9.91. The number of hydrogen-bond donors (Lipinski definition) is 2. The summed E-state index contributed by atoms with van der Waals surface area (Å²) in [5.74, 6) is 1.68. The van der Waals surface area contributed by atoms with E-state index in [1.807, 2.05) is 0 Å². The van der Waals surface area contributed by atoms with Crippen LogP contribution in [0.5, 0.6) is 0 Å². The van der Waals surface area contributed by atoms with Gasteiger partial charge in [-0.3, -0.25) is 0 Å². The van der Waals surface area contributed by atoms with Crippen LogP contribution in [0.2, 0.25) is 0 Å². The van der Waals surface area contributed by atoms with Gasteiger partial charge < -0.3 is 11.1 Å². The van der Waals surface area contributed by atoms with Crippen LogP contribution >= 0.6 is 0 Å². The second kappa shape index (κ2) is 6.39. The zero-order valence-corrected chi connectivity index (χ0v) is 8.89. The third-order valence-electron chi connectivity index (χ3n) is 3.17. The largest absolute Gasteiger partial charge is 0.330 e. The van der Waals surface area contributed by atoms with Gasteiger partial charge in [-0.25, -0.2) is 0 Å². The summed E-state index contributed by atoms with van der Waals surface area (Å²) in [5, 5.41) is 3.45. The first-order valence-electron chi connectivity index (χ1n) is 5.73. The molecule has 1 aliphatic heterocycles. The number of nitrogens with one attached hydrogen (secondary N) is 1. The SMILES string of the molecule is CC(CN)CCC1CCCNCC1. The molecule has 0 aromatic heterocycles. The molecule has 0 saturated carbocycles. The fraction of sp³-hybridized carbons (Fsp3) is 1.00. The lowest BCUT2D eigenvalue weighted by molar-refractivity contribution is 0.384. The van der Waals surface area contributed by atoms with E-state index in [9.17, 15) is 0 Å². The molecule has 0 radical (unpaired) electrons. The van der Waals surface area contributed by atoms with E-state index >= 15 is 0 Å². The van der Waals surface area contributed by atoms with Gasteiger partial charge in [0.25, 0.3) is 0 Å². The predicted octanol–water partition coefficient (Wildman–Crippen LogP) is 1.75. The molecule has 0 amide bonds. The Hall–Kier alpha value is -0.0800. The summed E-state index contributed by atoms with van der Waals surface area (Å²) in [7, 11) is 0. The van der Waals surface area contributed by atoms with E-state index in [0.29, 0.717) is 0 Å². The van der Waals surface area contributed by atoms with Crippen molar-refractivity contribution < 1.29 is 0 Å². The molecule has 78 valence electrons. The van der Waals surface area contributed by atoms with Crippen molar-refractivity contribution in [2.75, 3.05) is 19.6 Å². The molecule has 2 atom stereocenters. The van der Waals surface area contributed by atoms with Crippen molar-refractivity contribution in [1.29, 1.82) is 0 Å². The molecule has 1 fully saturated rings. The van der Waals surface area contributed by atoms with Crippen LogP contribution in [0.4, 0.5) is 0 Å². The highest BCUT2D eigenvalue weighted by Gasteiger charge is 2.12. The quantitative estimate of drug-likeness (QED) is 0.698. The van der Waals surface area contributed by atoms with Gasteiger partial charge in [0.15, 0.2) is 0 Å². The molecule has 1 heterocycles. The number of nitrogens with two attached hydrogens (primary N) is 1. The van der Waals surface area contributed by atoms with E-state index in [-0.39, 0.29) is 0 Å². The monoisotopic (exact) mass is 184 g/mol. The summed E-state index contributed by atoms with van der Waals surface area (Å²) in [5.41, 5.74) is 5.61. The standard InChI is InChI=1S/C11H24N2/c1-10(9-12)4-5-11-3-2-7-13-8-6-11/h10-11,13H,2-9,12H2,1H3. The zero-order chi connectivity index (χ0) is 9.52. The van der Waals surface area contributed by atoms with Crippen molar-refractivity contribution in [2.45, 2.75) is 39.0 Å². The van der Waals surface area contributed by atoms with Gasteiger partial charge in [0.05, 0.1) is 0 Å².